The van der Waals surface area contributed by atoms with Gasteiger partial charge in [0.05, 0.1) is 0 Å². The number of hydrogen-bond acceptors (Lipinski definition) is 1. The van der Waals surface area contributed by atoms with Crippen LogP contribution >= 0.6 is 27.5 Å². The molecule has 0 fully saturated rings. The molecule has 1 aromatic heterocycles. The van der Waals surface area contributed by atoms with Crippen molar-refractivity contribution in [3.8, 4) is 0 Å². The van der Waals surface area contributed by atoms with Crippen LogP contribution in [0, 0.1) is 5.82 Å². The van der Waals surface area contributed by atoms with Crippen LogP contribution in [0.2, 0.25) is 5.02 Å². The van der Waals surface area contributed by atoms with E-state index in [4.69, 9.17) is 11.6 Å². The highest BCUT2D eigenvalue weighted by Gasteiger charge is 2.18. The molecule has 13 heavy (non-hydrogen) atoms. The zero-order valence-electron chi connectivity index (χ0n) is 6.20. The van der Waals surface area contributed by atoms with E-state index in [0.29, 0.717) is 0 Å². The first-order valence-electron chi connectivity index (χ1n) is 3.24. The maximum absolute atomic E-state index is 13.1. The second kappa shape index (κ2) is 4.28. The Hall–Kier alpha value is -0.290. The van der Waals surface area contributed by atoms with Gasteiger partial charge < -0.3 is 0 Å². The second-order valence-electron chi connectivity index (χ2n) is 2.23. The van der Waals surface area contributed by atoms with Crippen molar-refractivity contribution in [1.82, 2.24) is 4.98 Å². The first-order valence-corrected chi connectivity index (χ1v) is 4.74. The minimum atomic E-state index is -2.86. The molecule has 0 saturated carbocycles. The van der Waals surface area contributed by atoms with Gasteiger partial charge in [-0.05, 0) is 0 Å². The fourth-order valence-corrected chi connectivity index (χ4v) is 1.40. The lowest BCUT2D eigenvalue weighted by atomic mass is 10.2. The Labute approximate surface area is 86.0 Å². The van der Waals surface area contributed by atoms with Crippen molar-refractivity contribution >= 4 is 27.5 Å². The Morgan fingerprint density at radius 3 is 2.62 bits per heavy atom. The molecule has 0 aliphatic rings. The van der Waals surface area contributed by atoms with Gasteiger partial charge in [0, 0.05) is 17.1 Å². The third kappa shape index (κ3) is 2.14. The Bertz CT molecular complexity index is 319. The van der Waals surface area contributed by atoms with Crippen LogP contribution < -0.4 is 0 Å². The predicted molar refractivity (Wildman–Crippen MR) is 46.8 cm³/mol. The fraction of sp³-hybridized carbons (Fsp3) is 0.286. The van der Waals surface area contributed by atoms with Crippen LogP contribution in [0.25, 0.3) is 0 Å². The fourth-order valence-electron chi connectivity index (χ4n) is 0.760. The minimum Gasteiger partial charge on any atom is -0.253 e. The highest BCUT2D eigenvalue weighted by Crippen LogP contribution is 2.29. The van der Waals surface area contributed by atoms with Crippen LogP contribution in [-0.4, -0.2) is 4.98 Å². The summed E-state index contributed by atoms with van der Waals surface area (Å²) in [5, 5.41) is -0.415. The first-order chi connectivity index (χ1) is 6.07. The van der Waals surface area contributed by atoms with Gasteiger partial charge in [-0.15, -0.1) is 0 Å². The average Bonchev–Trinajstić information content (AvgIpc) is 2.09. The zero-order chi connectivity index (χ0) is 10.0. The van der Waals surface area contributed by atoms with Gasteiger partial charge in [-0.1, -0.05) is 27.5 Å². The van der Waals surface area contributed by atoms with Crippen LogP contribution in [-0.2, 0) is 5.33 Å². The Balaban J connectivity index is 3.23. The average molecular weight is 274 g/mol. The maximum atomic E-state index is 13.1. The van der Waals surface area contributed by atoms with E-state index in [2.05, 4.69) is 20.9 Å². The molecular formula is C7H4BrClF3N. The highest BCUT2D eigenvalue weighted by molar-refractivity contribution is 9.08. The largest absolute Gasteiger partial charge is 0.281 e. The number of hydrogen-bond donors (Lipinski definition) is 0. The maximum Gasteiger partial charge on any atom is 0.281 e. The summed E-state index contributed by atoms with van der Waals surface area (Å²) in [4.78, 5) is 3.36. The predicted octanol–water partition coefficient (Wildman–Crippen LogP) is 3.71. The topological polar surface area (TPSA) is 12.9 Å². The summed E-state index contributed by atoms with van der Waals surface area (Å²) in [5.41, 5.74) is -0.557. The van der Waals surface area contributed by atoms with Gasteiger partial charge in [-0.2, -0.15) is 0 Å². The van der Waals surface area contributed by atoms with Crippen LogP contribution in [0.3, 0.4) is 0 Å². The minimum absolute atomic E-state index is 0.161. The molecule has 0 spiro atoms. The van der Waals surface area contributed by atoms with Crippen molar-refractivity contribution in [2.75, 3.05) is 0 Å². The number of aromatic nitrogens is 1. The van der Waals surface area contributed by atoms with Crippen molar-refractivity contribution < 1.29 is 13.2 Å². The van der Waals surface area contributed by atoms with Gasteiger partial charge >= 0.3 is 0 Å². The van der Waals surface area contributed by atoms with Gasteiger partial charge in [0.25, 0.3) is 6.43 Å². The Morgan fingerprint density at radius 2 is 2.15 bits per heavy atom. The lowest BCUT2D eigenvalue weighted by molar-refractivity contribution is 0.145. The summed E-state index contributed by atoms with van der Waals surface area (Å²) in [6.07, 6.45) is -1.82. The summed E-state index contributed by atoms with van der Waals surface area (Å²) in [5.74, 6) is -0.844. The number of rotatable bonds is 2. The number of halogens is 5. The van der Waals surface area contributed by atoms with E-state index >= 15 is 0 Å². The van der Waals surface area contributed by atoms with E-state index in [9.17, 15) is 13.2 Å². The standard InChI is InChI=1S/C7H4BrClF3N/c8-1-3-2-13-6(7(11)12)4(9)5(3)10/h2,7H,1H2. The van der Waals surface area contributed by atoms with Crippen molar-refractivity contribution in [3.05, 3.63) is 28.3 Å². The normalized spacial score (nSPS) is 10.9. The lowest BCUT2D eigenvalue weighted by Crippen LogP contribution is -1.98. The quantitative estimate of drug-likeness (QED) is 0.749. The molecule has 6 heteroatoms. The summed E-state index contributed by atoms with van der Waals surface area (Å²) < 4.78 is 37.3. The summed E-state index contributed by atoms with van der Waals surface area (Å²) in [7, 11) is 0. The molecule has 1 rings (SSSR count). The number of alkyl halides is 3. The van der Waals surface area contributed by atoms with E-state index in [1.54, 1.807) is 0 Å². The molecule has 0 radical (unpaired) electrons. The molecular weight excluding hydrogens is 270 g/mol. The van der Waals surface area contributed by atoms with Crippen molar-refractivity contribution in [1.29, 1.82) is 0 Å². The molecule has 72 valence electrons. The van der Waals surface area contributed by atoms with Gasteiger partial charge in [0.15, 0.2) is 0 Å². The second-order valence-corrected chi connectivity index (χ2v) is 3.17. The van der Waals surface area contributed by atoms with Crippen LogP contribution in [0.15, 0.2) is 6.20 Å². The van der Waals surface area contributed by atoms with Crippen LogP contribution in [0.1, 0.15) is 17.7 Å². The summed E-state index contributed by atoms with van der Waals surface area (Å²) in [6.45, 7) is 0. The summed E-state index contributed by atoms with van der Waals surface area (Å²) >= 11 is 8.31. The Morgan fingerprint density at radius 1 is 1.54 bits per heavy atom. The molecule has 1 aromatic rings. The molecule has 1 heterocycles. The molecule has 0 N–H and O–H groups in total. The third-order valence-electron chi connectivity index (χ3n) is 1.41. The zero-order valence-corrected chi connectivity index (χ0v) is 8.54. The number of nitrogens with zero attached hydrogens (tertiary/aromatic N) is 1. The molecule has 0 saturated heterocycles. The number of pyridine rings is 1. The molecule has 0 atom stereocenters. The Kier molecular flexibility index (Phi) is 3.55. The lowest BCUT2D eigenvalue weighted by Gasteiger charge is -2.05. The molecule has 0 aromatic carbocycles. The monoisotopic (exact) mass is 273 g/mol. The molecule has 0 aliphatic carbocycles. The van der Waals surface area contributed by atoms with E-state index in [-0.39, 0.29) is 10.9 Å². The van der Waals surface area contributed by atoms with Gasteiger partial charge in [0.1, 0.15) is 16.5 Å². The van der Waals surface area contributed by atoms with E-state index in [1.165, 1.54) is 0 Å². The van der Waals surface area contributed by atoms with E-state index in [0.717, 1.165) is 6.20 Å². The van der Waals surface area contributed by atoms with Gasteiger partial charge in [-0.25, -0.2) is 13.2 Å². The summed E-state index contributed by atoms with van der Waals surface area (Å²) in [6, 6.07) is 0. The highest BCUT2D eigenvalue weighted by atomic mass is 79.9. The molecule has 0 bridgehead atoms. The SMILES string of the molecule is Fc1c(CBr)cnc(C(F)F)c1Cl. The van der Waals surface area contributed by atoms with Crippen molar-refractivity contribution in [2.45, 2.75) is 11.8 Å². The molecule has 0 amide bonds. The first kappa shape index (κ1) is 10.8. The van der Waals surface area contributed by atoms with Crippen LogP contribution in [0.5, 0.6) is 0 Å². The van der Waals surface area contributed by atoms with Crippen molar-refractivity contribution in [2.24, 2.45) is 0 Å². The smallest absolute Gasteiger partial charge is 0.253 e. The van der Waals surface area contributed by atoms with E-state index < -0.39 is 23.0 Å². The van der Waals surface area contributed by atoms with Gasteiger partial charge in [-0.3, -0.25) is 4.98 Å². The van der Waals surface area contributed by atoms with Gasteiger partial charge in [0.2, 0.25) is 0 Å². The third-order valence-corrected chi connectivity index (χ3v) is 2.37. The van der Waals surface area contributed by atoms with Crippen molar-refractivity contribution in [3.63, 3.8) is 0 Å². The van der Waals surface area contributed by atoms with Crippen LogP contribution in [0.4, 0.5) is 13.2 Å². The molecule has 0 unspecified atom stereocenters. The molecule has 0 aliphatic heterocycles. The van der Waals surface area contributed by atoms with E-state index in [1.807, 2.05) is 0 Å². The molecule has 1 nitrogen and oxygen atoms in total.